The van der Waals surface area contributed by atoms with Gasteiger partial charge >= 0.3 is 0 Å². The Morgan fingerprint density at radius 3 is 2.65 bits per heavy atom. The van der Waals surface area contributed by atoms with Crippen molar-refractivity contribution in [3.05, 3.63) is 29.8 Å². The monoisotopic (exact) mass is 337 g/mol. The lowest BCUT2D eigenvalue weighted by Crippen LogP contribution is -2.40. The van der Waals surface area contributed by atoms with Crippen molar-refractivity contribution in [3.63, 3.8) is 0 Å². The van der Waals surface area contributed by atoms with Crippen LogP contribution in [0.1, 0.15) is 31.2 Å². The summed E-state index contributed by atoms with van der Waals surface area (Å²) in [6.45, 7) is 3.15. The number of rotatable bonds is 4. The molecule has 0 saturated carbocycles. The second-order valence-corrected chi connectivity index (χ2v) is 6.08. The Hall–Kier alpha value is -1.59. The lowest BCUT2D eigenvalue weighted by atomic mass is 9.99. The summed E-state index contributed by atoms with van der Waals surface area (Å²) < 4.78 is 0. The summed E-state index contributed by atoms with van der Waals surface area (Å²) >= 11 is 0. The van der Waals surface area contributed by atoms with E-state index in [1.54, 1.807) is 0 Å². The van der Waals surface area contributed by atoms with Gasteiger partial charge in [-0.3, -0.25) is 9.59 Å². The van der Waals surface area contributed by atoms with Gasteiger partial charge in [-0.15, -0.1) is 12.4 Å². The van der Waals surface area contributed by atoms with Crippen LogP contribution in [0.5, 0.6) is 0 Å². The minimum Gasteiger partial charge on any atom is -0.352 e. The molecule has 3 rings (SSSR count). The van der Waals surface area contributed by atoms with Crippen molar-refractivity contribution in [2.24, 2.45) is 5.92 Å². The quantitative estimate of drug-likeness (QED) is 0.881. The van der Waals surface area contributed by atoms with Gasteiger partial charge in [-0.2, -0.15) is 0 Å². The summed E-state index contributed by atoms with van der Waals surface area (Å²) in [5.74, 6) is 0.423. The Balaban J connectivity index is 0.00000192. The predicted molar refractivity (Wildman–Crippen MR) is 92.7 cm³/mol. The Morgan fingerprint density at radius 1 is 1.26 bits per heavy atom. The zero-order chi connectivity index (χ0) is 15.4. The summed E-state index contributed by atoms with van der Waals surface area (Å²) in [5.41, 5.74) is 2.02. The van der Waals surface area contributed by atoms with Gasteiger partial charge in [-0.25, -0.2) is 0 Å². The number of anilines is 1. The zero-order valence-corrected chi connectivity index (χ0v) is 14.0. The number of nitrogens with zero attached hydrogens (tertiary/aromatic N) is 1. The molecule has 0 aliphatic carbocycles. The summed E-state index contributed by atoms with van der Waals surface area (Å²) in [5, 5.41) is 6.27. The Morgan fingerprint density at radius 2 is 2.04 bits per heavy atom. The molecular weight excluding hydrogens is 314 g/mol. The molecule has 23 heavy (non-hydrogen) atoms. The van der Waals surface area contributed by atoms with Crippen molar-refractivity contribution in [1.29, 1.82) is 0 Å². The number of halogens is 1. The van der Waals surface area contributed by atoms with Crippen LogP contribution in [0, 0.1) is 5.92 Å². The maximum atomic E-state index is 12.1. The van der Waals surface area contributed by atoms with Crippen molar-refractivity contribution in [2.45, 2.75) is 32.2 Å². The van der Waals surface area contributed by atoms with Crippen molar-refractivity contribution in [1.82, 2.24) is 10.6 Å². The molecule has 1 aromatic rings. The standard InChI is InChI=1S/C17H23N3O2.ClH/c21-16-4-2-10-20(16)15-7-5-13(6-8-15)11-19-17(22)14-3-1-9-18-12-14;/h5-8,14,18H,1-4,9-12H2,(H,19,22);1H/t14-;/m1./s1. The van der Waals surface area contributed by atoms with Gasteiger partial charge < -0.3 is 15.5 Å². The van der Waals surface area contributed by atoms with E-state index in [1.165, 1.54) is 0 Å². The molecule has 0 aromatic heterocycles. The summed E-state index contributed by atoms with van der Waals surface area (Å²) in [6.07, 6.45) is 3.62. The predicted octanol–water partition coefficient (Wildman–Crippen LogP) is 1.85. The molecule has 2 aliphatic heterocycles. The molecule has 5 nitrogen and oxygen atoms in total. The molecule has 2 fully saturated rings. The smallest absolute Gasteiger partial charge is 0.227 e. The average Bonchev–Trinajstić information content (AvgIpc) is 3.00. The number of hydrogen-bond donors (Lipinski definition) is 2. The molecule has 2 heterocycles. The molecular formula is C17H24ClN3O2. The highest BCUT2D eigenvalue weighted by atomic mass is 35.5. The number of amides is 2. The minimum absolute atomic E-state index is 0. The molecule has 0 spiro atoms. The molecule has 126 valence electrons. The fraction of sp³-hybridized carbons (Fsp3) is 0.529. The van der Waals surface area contributed by atoms with Crippen LogP contribution in [0.2, 0.25) is 0 Å². The molecule has 0 bridgehead atoms. The molecule has 2 aliphatic rings. The maximum Gasteiger partial charge on any atom is 0.227 e. The van der Waals surface area contributed by atoms with Gasteiger partial charge in [-0.05, 0) is 43.5 Å². The fourth-order valence-corrected chi connectivity index (χ4v) is 3.12. The van der Waals surface area contributed by atoms with E-state index >= 15 is 0 Å². The maximum absolute atomic E-state index is 12.1. The van der Waals surface area contributed by atoms with Crippen LogP contribution in [0.3, 0.4) is 0 Å². The van der Waals surface area contributed by atoms with E-state index in [9.17, 15) is 9.59 Å². The Kier molecular flexibility index (Phi) is 6.42. The Labute approximate surface area is 143 Å². The third-order valence-corrected chi connectivity index (χ3v) is 4.46. The van der Waals surface area contributed by atoms with E-state index < -0.39 is 0 Å². The van der Waals surface area contributed by atoms with E-state index in [-0.39, 0.29) is 30.1 Å². The number of carbonyl (C=O) groups is 2. The lowest BCUT2D eigenvalue weighted by Gasteiger charge is -2.22. The molecule has 6 heteroatoms. The van der Waals surface area contributed by atoms with Gasteiger partial charge in [0.05, 0.1) is 5.92 Å². The van der Waals surface area contributed by atoms with Gasteiger partial charge in [-0.1, -0.05) is 12.1 Å². The van der Waals surface area contributed by atoms with Gasteiger partial charge in [0.15, 0.2) is 0 Å². The van der Waals surface area contributed by atoms with Gasteiger partial charge in [0, 0.05) is 31.7 Å². The summed E-state index contributed by atoms with van der Waals surface area (Å²) in [6, 6.07) is 7.90. The topological polar surface area (TPSA) is 61.4 Å². The first-order valence-corrected chi connectivity index (χ1v) is 8.12. The van der Waals surface area contributed by atoms with Gasteiger partial charge in [0.25, 0.3) is 0 Å². The van der Waals surface area contributed by atoms with Gasteiger partial charge in [0.2, 0.25) is 11.8 Å². The van der Waals surface area contributed by atoms with Crippen LogP contribution >= 0.6 is 12.4 Å². The van der Waals surface area contributed by atoms with Crippen molar-refractivity contribution in [3.8, 4) is 0 Å². The number of benzene rings is 1. The molecule has 2 saturated heterocycles. The van der Waals surface area contributed by atoms with E-state index in [2.05, 4.69) is 10.6 Å². The van der Waals surface area contributed by atoms with E-state index in [0.717, 1.165) is 50.1 Å². The number of nitrogens with one attached hydrogen (secondary N) is 2. The van der Waals surface area contributed by atoms with Crippen LogP contribution in [-0.2, 0) is 16.1 Å². The first-order chi connectivity index (χ1) is 10.7. The fourth-order valence-electron chi connectivity index (χ4n) is 3.12. The SMILES string of the molecule is Cl.O=C(NCc1ccc(N2CCCC2=O)cc1)[C@@H]1CCCNC1. The lowest BCUT2D eigenvalue weighted by molar-refractivity contribution is -0.125. The van der Waals surface area contributed by atoms with E-state index in [0.29, 0.717) is 13.0 Å². The first-order valence-electron chi connectivity index (χ1n) is 8.12. The van der Waals surface area contributed by atoms with Gasteiger partial charge in [0.1, 0.15) is 0 Å². The van der Waals surface area contributed by atoms with Crippen molar-refractivity contribution >= 4 is 29.9 Å². The van der Waals surface area contributed by atoms with Crippen LogP contribution < -0.4 is 15.5 Å². The second kappa shape index (κ2) is 8.31. The zero-order valence-electron chi connectivity index (χ0n) is 13.2. The van der Waals surface area contributed by atoms with Crippen LogP contribution in [0.15, 0.2) is 24.3 Å². The normalized spacial score (nSPS) is 21.0. The number of carbonyl (C=O) groups excluding carboxylic acids is 2. The van der Waals surface area contributed by atoms with Crippen LogP contribution in [0.4, 0.5) is 5.69 Å². The average molecular weight is 338 g/mol. The van der Waals surface area contributed by atoms with Crippen LogP contribution in [-0.4, -0.2) is 31.4 Å². The number of hydrogen-bond acceptors (Lipinski definition) is 3. The second-order valence-electron chi connectivity index (χ2n) is 6.08. The largest absolute Gasteiger partial charge is 0.352 e. The minimum atomic E-state index is 0. The highest BCUT2D eigenvalue weighted by Gasteiger charge is 2.22. The van der Waals surface area contributed by atoms with Crippen molar-refractivity contribution < 1.29 is 9.59 Å². The molecule has 0 radical (unpaired) electrons. The van der Waals surface area contributed by atoms with E-state index in [1.807, 2.05) is 29.2 Å². The molecule has 1 atom stereocenters. The highest BCUT2D eigenvalue weighted by molar-refractivity contribution is 5.95. The third-order valence-electron chi connectivity index (χ3n) is 4.46. The van der Waals surface area contributed by atoms with Crippen LogP contribution in [0.25, 0.3) is 0 Å². The summed E-state index contributed by atoms with van der Waals surface area (Å²) in [7, 11) is 0. The van der Waals surface area contributed by atoms with E-state index in [4.69, 9.17) is 0 Å². The highest BCUT2D eigenvalue weighted by Crippen LogP contribution is 2.21. The molecule has 0 unspecified atom stereocenters. The molecule has 2 amide bonds. The third kappa shape index (κ3) is 4.45. The molecule has 1 aromatic carbocycles. The first kappa shape index (κ1) is 17.8. The van der Waals surface area contributed by atoms with Crippen molar-refractivity contribution in [2.75, 3.05) is 24.5 Å². The number of piperidine rings is 1. The molecule has 2 N–H and O–H groups in total. The summed E-state index contributed by atoms with van der Waals surface area (Å²) in [4.78, 5) is 25.6. The Bertz CT molecular complexity index is 541.